The van der Waals surface area contributed by atoms with Crippen molar-refractivity contribution in [2.45, 2.75) is 31.6 Å². The van der Waals surface area contributed by atoms with Crippen LogP contribution in [0.15, 0.2) is 5.38 Å². The molecule has 0 bridgehead atoms. The number of thiazole rings is 1. The SMILES string of the molecule is CC(NC(=O)N1CCSC(C)(C)C1)c1nc(C(=O)O)cs1. The number of rotatable bonds is 3. The van der Waals surface area contributed by atoms with Crippen molar-refractivity contribution in [3.8, 4) is 0 Å². The number of aromatic nitrogens is 1. The largest absolute Gasteiger partial charge is 0.476 e. The maximum atomic E-state index is 12.3. The number of nitrogens with zero attached hydrogens (tertiary/aromatic N) is 2. The second-order valence-corrected chi connectivity index (χ2v) is 8.27. The van der Waals surface area contributed by atoms with E-state index in [9.17, 15) is 9.59 Å². The van der Waals surface area contributed by atoms with Crippen LogP contribution in [0.25, 0.3) is 0 Å². The highest BCUT2D eigenvalue weighted by Crippen LogP contribution is 2.29. The second-order valence-electron chi connectivity index (χ2n) is 5.58. The number of carboxylic acids is 1. The molecule has 2 amide bonds. The lowest BCUT2D eigenvalue weighted by Gasteiger charge is -2.37. The highest BCUT2D eigenvalue weighted by Gasteiger charge is 2.30. The van der Waals surface area contributed by atoms with E-state index in [0.717, 1.165) is 12.3 Å². The summed E-state index contributed by atoms with van der Waals surface area (Å²) in [4.78, 5) is 28.9. The number of carbonyl (C=O) groups excluding carboxylic acids is 1. The average Bonchev–Trinajstić information content (AvgIpc) is 2.87. The van der Waals surface area contributed by atoms with Gasteiger partial charge in [-0.3, -0.25) is 0 Å². The fourth-order valence-electron chi connectivity index (χ4n) is 2.11. The van der Waals surface area contributed by atoms with Crippen molar-refractivity contribution in [1.29, 1.82) is 0 Å². The molecule has 1 aliphatic heterocycles. The normalized spacial score (nSPS) is 19.1. The van der Waals surface area contributed by atoms with Crippen LogP contribution in [0.4, 0.5) is 4.79 Å². The smallest absolute Gasteiger partial charge is 0.355 e. The molecular weight excluding hydrogens is 310 g/mol. The Bertz CT molecular complexity index is 545. The van der Waals surface area contributed by atoms with Crippen molar-refractivity contribution in [1.82, 2.24) is 15.2 Å². The van der Waals surface area contributed by atoms with E-state index in [-0.39, 0.29) is 22.5 Å². The van der Waals surface area contributed by atoms with E-state index in [1.807, 2.05) is 18.7 Å². The summed E-state index contributed by atoms with van der Waals surface area (Å²) < 4.78 is 0.0660. The van der Waals surface area contributed by atoms with Gasteiger partial charge in [-0.15, -0.1) is 11.3 Å². The Labute approximate surface area is 131 Å². The van der Waals surface area contributed by atoms with Gasteiger partial charge in [0.1, 0.15) is 5.01 Å². The Morgan fingerprint density at radius 2 is 2.24 bits per heavy atom. The summed E-state index contributed by atoms with van der Waals surface area (Å²) in [5.74, 6) is -0.124. The van der Waals surface area contributed by atoms with E-state index in [1.165, 1.54) is 16.7 Å². The number of hydrogen-bond acceptors (Lipinski definition) is 5. The van der Waals surface area contributed by atoms with Crippen molar-refractivity contribution < 1.29 is 14.7 Å². The predicted molar refractivity (Wildman–Crippen MR) is 84.1 cm³/mol. The third-order valence-corrected chi connectivity index (χ3v) is 5.49. The van der Waals surface area contributed by atoms with Crippen LogP contribution in [0.1, 0.15) is 42.3 Å². The summed E-state index contributed by atoms with van der Waals surface area (Å²) in [6.45, 7) is 7.49. The zero-order valence-corrected chi connectivity index (χ0v) is 13.9. The van der Waals surface area contributed by atoms with Crippen LogP contribution in [0.5, 0.6) is 0 Å². The van der Waals surface area contributed by atoms with Crippen LogP contribution in [0.2, 0.25) is 0 Å². The second kappa shape index (κ2) is 6.23. The number of hydrogen-bond donors (Lipinski definition) is 2. The molecule has 0 saturated carbocycles. The van der Waals surface area contributed by atoms with Gasteiger partial charge in [-0.05, 0) is 20.8 Å². The van der Waals surface area contributed by atoms with E-state index in [2.05, 4.69) is 24.1 Å². The highest BCUT2D eigenvalue weighted by atomic mass is 32.2. The lowest BCUT2D eigenvalue weighted by molar-refractivity contribution is 0.0691. The summed E-state index contributed by atoms with van der Waals surface area (Å²) in [6, 6.07) is -0.420. The molecule has 1 aliphatic rings. The third kappa shape index (κ3) is 4.10. The molecular formula is C13H19N3O3S2. The molecule has 0 radical (unpaired) electrons. The third-order valence-electron chi connectivity index (χ3n) is 3.16. The van der Waals surface area contributed by atoms with Gasteiger partial charge in [-0.25, -0.2) is 14.6 Å². The average molecular weight is 329 g/mol. The van der Waals surface area contributed by atoms with Crippen LogP contribution in [0, 0.1) is 0 Å². The van der Waals surface area contributed by atoms with E-state index in [0.29, 0.717) is 11.6 Å². The zero-order chi connectivity index (χ0) is 15.6. The van der Waals surface area contributed by atoms with Crippen molar-refractivity contribution in [2.75, 3.05) is 18.8 Å². The first kappa shape index (κ1) is 16.1. The summed E-state index contributed by atoms with van der Waals surface area (Å²) in [7, 11) is 0. The topological polar surface area (TPSA) is 82.5 Å². The molecule has 1 unspecified atom stereocenters. The number of carboxylic acid groups (broad SMARTS) is 1. The lowest BCUT2D eigenvalue weighted by atomic mass is 10.2. The standard InChI is InChI=1S/C13H19N3O3S2/c1-8(10-15-9(6-20-10)11(17)18)14-12(19)16-4-5-21-13(2,3)7-16/h6,8H,4-5,7H2,1-3H3,(H,14,19)(H,17,18). The number of aromatic carboxylic acids is 1. The van der Waals surface area contributed by atoms with E-state index in [4.69, 9.17) is 5.11 Å². The van der Waals surface area contributed by atoms with Gasteiger partial charge in [0.25, 0.3) is 0 Å². The minimum atomic E-state index is -1.05. The van der Waals surface area contributed by atoms with Crippen molar-refractivity contribution >= 4 is 35.1 Å². The molecule has 2 N–H and O–H groups in total. The maximum absolute atomic E-state index is 12.3. The van der Waals surface area contributed by atoms with Gasteiger partial charge < -0.3 is 15.3 Å². The van der Waals surface area contributed by atoms with Gasteiger partial charge in [-0.1, -0.05) is 0 Å². The Morgan fingerprint density at radius 3 is 2.81 bits per heavy atom. The molecule has 1 aromatic heterocycles. The van der Waals surface area contributed by atoms with Gasteiger partial charge in [0.15, 0.2) is 5.69 Å². The summed E-state index contributed by atoms with van der Waals surface area (Å²) in [5, 5.41) is 13.8. The predicted octanol–water partition coefficient (Wildman–Crippen LogP) is 2.44. The number of nitrogens with one attached hydrogen (secondary N) is 1. The number of thioether (sulfide) groups is 1. The molecule has 0 aromatic carbocycles. The first-order valence-corrected chi connectivity index (χ1v) is 8.53. The summed E-state index contributed by atoms with van der Waals surface area (Å²) in [5.41, 5.74) is 0.0200. The number of carbonyl (C=O) groups is 2. The van der Waals surface area contributed by atoms with E-state index >= 15 is 0 Å². The van der Waals surface area contributed by atoms with Gasteiger partial charge in [0.2, 0.25) is 0 Å². The van der Waals surface area contributed by atoms with Gasteiger partial charge in [-0.2, -0.15) is 11.8 Å². The maximum Gasteiger partial charge on any atom is 0.355 e. The molecule has 1 aromatic rings. The monoisotopic (exact) mass is 329 g/mol. The quantitative estimate of drug-likeness (QED) is 0.890. The first-order chi connectivity index (χ1) is 9.78. The Morgan fingerprint density at radius 1 is 1.52 bits per heavy atom. The summed E-state index contributed by atoms with van der Waals surface area (Å²) in [6.07, 6.45) is 0. The van der Waals surface area contributed by atoms with Crippen LogP contribution in [-0.4, -0.2) is 50.6 Å². The van der Waals surface area contributed by atoms with E-state index in [1.54, 1.807) is 4.90 Å². The number of urea groups is 1. The highest BCUT2D eigenvalue weighted by molar-refractivity contribution is 8.00. The molecule has 0 aliphatic carbocycles. The van der Waals surface area contributed by atoms with Crippen LogP contribution in [0.3, 0.4) is 0 Å². The molecule has 1 fully saturated rings. The fraction of sp³-hybridized carbons (Fsp3) is 0.615. The van der Waals surface area contributed by atoms with Crippen molar-refractivity contribution in [3.63, 3.8) is 0 Å². The van der Waals surface area contributed by atoms with Crippen molar-refractivity contribution in [3.05, 3.63) is 16.1 Å². The fourth-order valence-corrected chi connectivity index (χ4v) is 4.02. The van der Waals surface area contributed by atoms with Crippen LogP contribution >= 0.6 is 23.1 Å². The van der Waals surface area contributed by atoms with Crippen LogP contribution in [-0.2, 0) is 0 Å². The molecule has 0 spiro atoms. The lowest BCUT2D eigenvalue weighted by Crippen LogP contribution is -2.50. The molecule has 2 rings (SSSR count). The van der Waals surface area contributed by atoms with Gasteiger partial charge in [0, 0.05) is 29.0 Å². The molecule has 21 heavy (non-hydrogen) atoms. The summed E-state index contributed by atoms with van der Waals surface area (Å²) >= 11 is 3.11. The van der Waals surface area contributed by atoms with E-state index < -0.39 is 5.97 Å². The molecule has 1 saturated heterocycles. The first-order valence-electron chi connectivity index (χ1n) is 6.66. The minimum absolute atomic E-state index is 0.0200. The Kier molecular flexibility index (Phi) is 4.77. The molecule has 116 valence electrons. The minimum Gasteiger partial charge on any atom is -0.476 e. The molecule has 8 heteroatoms. The molecule has 1 atom stereocenters. The Balaban J connectivity index is 1.96. The van der Waals surface area contributed by atoms with Crippen molar-refractivity contribution in [2.24, 2.45) is 0 Å². The van der Waals surface area contributed by atoms with Gasteiger partial charge >= 0.3 is 12.0 Å². The Hall–Kier alpha value is -1.28. The molecule has 6 nitrogen and oxygen atoms in total. The van der Waals surface area contributed by atoms with Crippen LogP contribution < -0.4 is 5.32 Å². The molecule has 2 heterocycles. The van der Waals surface area contributed by atoms with Gasteiger partial charge in [0.05, 0.1) is 6.04 Å². The zero-order valence-electron chi connectivity index (χ0n) is 12.3. The number of amides is 2.